The van der Waals surface area contributed by atoms with Gasteiger partial charge in [0.15, 0.2) is 0 Å². The fourth-order valence-electron chi connectivity index (χ4n) is 3.34. The van der Waals surface area contributed by atoms with Crippen LogP contribution in [0, 0.1) is 0 Å². The van der Waals surface area contributed by atoms with E-state index in [1.54, 1.807) is 0 Å². The van der Waals surface area contributed by atoms with E-state index in [9.17, 15) is 4.79 Å². The summed E-state index contributed by atoms with van der Waals surface area (Å²) >= 11 is 0. The molecule has 0 saturated carbocycles. The zero-order chi connectivity index (χ0) is 19.9. The quantitative estimate of drug-likeness (QED) is 0.799. The molecule has 1 aliphatic heterocycles. The Labute approximate surface area is 168 Å². The SMILES string of the molecule is CCN1CCN(c2ccc(CNC(=O)c3ccc(N(C)CC)cc3)cn2)CC1. The van der Waals surface area contributed by atoms with Crippen LogP contribution >= 0.6 is 0 Å². The molecular formula is C22H31N5O. The molecule has 0 radical (unpaired) electrons. The summed E-state index contributed by atoms with van der Waals surface area (Å²) in [5.41, 5.74) is 2.79. The van der Waals surface area contributed by atoms with Gasteiger partial charge in [0.1, 0.15) is 5.82 Å². The Bertz CT molecular complexity index is 752. The maximum Gasteiger partial charge on any atom is 0.251 e. The zero-order valence-corrected chi connectivity index (χ0v) is 17.2. The molecule has 1 saturated heterocycles. The van der Waals surface area contributed by atoms with Crippen molar-refractivity contribution in [2.45, 2.75) is 20.4 Å². The number of hydrogen-bond donors (Lipinski definition) is 1. The third kappa shape index (κ3) is 5.01. The lowest BCUT2D eigenvalue weighted by molar-refractivity contribution is 0.0951. The van der Waals surface area contributed by atoms with Crippen molar-refractivity contribution in [3.05, 3.63) is 53.7 Å². The van der Waals surface area contributed by atoms with Crippen LogP contribution in [-0.4, -0.2) is 62.1 Å². The highest BCUT2D eigenvalue weighted by Gasteiger charge is 2.16. The molecule has 0 bridgehead atoms. The number of piperazine rings is 1. The maximum absolute atomic E-state index is 12.4. The van der Waals surface area contributed by atoms with E-state index in [-0.39, 0.29) is 5.91 Å². The van der Waals surface area contributed by atoms with Crippen LogP contribution in [0.1, 0.15) is 29.8 Å². The van der Waals surface area contributed by atoms with Crippen molar-refractivity contribution in [3.63, 3.8) is 0 Å². The Morgan fingerprint density at radius 2 is 1.79 bits per heavy atom. The van der Waals surface area contributed by atoms with Gasteiger partial charge >= 0.3 is 0 Å². The van der Waals surface area contributed by atoms with Crippen molar-refractivity contribution >= 4 is 17.4 Å². The molecule has 1 fully saturated rings. The van der Waals surface area contributed by atoms with Crippen molar-refractivity contribution in [2.24, 2.45) is 0 Å². The highest BCUT2D eigenvalue weighted by Crippen LogP contribution is 2.15. The lowest BCUT2D eigenvalue weighted by Gasteiger charge is -2.34. The van der Waals surface area contributed by atoms with E-state index in [0.29, 0.717) is 12.1 Å². The number of pyridine rings is 1. The first-order valence-electron chi connectivity index (χ1n) is 10.1. The highest BCUT2D eigenvalue weighted by molar-refractivity contribution is 5.94. The molecule has 1 aromatic heterocycles. The molecule has 1 N–H and O–H groups in total. The number of amides is 1. The number of anilines is 2. The third-order valence-corrected chi connectivity index (χ3v) is 5.45. The van der Waals surface area contributed by atoms with Crippen LogP contribution in [0.5, 0.6) is 0 Å². The highest BCUT2D eigenvalue weighted by atomic mass is 16.1. The van der Waals surface area contributed by atoms with Gasteiger partial charge in [-0.25, -0.2) is 4.98 Å². The Balaban J connectivity index is 1.51. The van der Waals surface area contributed by atoms with Crippen molar-refractivity contribution in [1.82, 2.24) is 15.2 Å². The monoisotopic (exact) mass is 381 g/mol. The van der Waals surface area contributed by atoms with Crippen LogP contribution in [0.25, 0.3) is 0 Å². The second-order valence-electron chi connectivity index (χ2n) is 7.19. The Kier molecular flexibility index (Phi) is 6.87. The van der Waals surface area contributed by atoms with Crippen molar-refractivity contribution in [2.75, 3.05) is 56.1 Å². The first-order chi connectivity index (χ1) is 13.6. The molecule has 2 heterocycles. The molecule has 3 rings (SSSR count). The third-order valence-electron chi connectivity index (χ3n) is 5.45. The zero-order valence-electron chi connectivity index (χ0n) is 17.2. The number of likely N-dealkylation sites (N-methyl/N-ethyl adjacent to an activating group) is 1. The standard InChI is InChI=1S/C22H31N5O/c1-4-25(3)20-9-7-19(8-10-20)22(28)24-17-18-6-11-21(23-16-18)27-14-12-26(5-2)13-15-27/h6-11,16H,4-5,12-15,17H2,1-3H3,(H,24,28). The molecule has 1 aromatic carbocycles. The van der Waals surface area contributed by atoms with E-state index >= 15 is 0 Å². The average molecular weight is 382 g/mol. The lowest BCUT2D eigenvalue weighted by atomic mass is 10.1. The van der Waals surface area contributed by atoms with E-state index in [4.69, 9.17) is 0 Å². The number of benzene rings is 1. The Hall–Kier alpha value is -2.60. The fraction of sp³-hybridized carbons (Fsp3) is 0.455. The topological polar surface area (TPSA) is 51.7 Å². The van der Waals surface area contributed by atoms with Crippen LogP contribution < -0.4 is 15.1 Å². The summed E-state index contributed by atoms with van der Waals surface area (Å²) in [5, 5.41) is 2.98. The minimum atomic E-state index is -0.0644. The lowest BCUT2D eigenvalue weighted by Crippen LogP contribution is -2.46. The number of rotatable bonds is 7. The van der Waals surface area contributed by atoms with Gasteiger partial charge in [-0.05, 0) is 49.4 Å². The molecule has 0 unspecified atom stereocenters. The number of nitrogens with one attached hydrogen (secondary N) is 1. The molecule has 0 aliphatic carbocycles. The molecule has 1 amide bonds. The largest absolute Gasteiger partial charge is 0.375 e. The van der Waals surface area contributed by atoms with Gasteiger partial charge in [0.2, 0.25) is 0 Å². The number of hydrogen-bond acceptors (Lipinski definition) is 5. The van der Waals surface area contributed by atoms with Gasteiger partial charge in [0.25, 0.3) is 5.91 Å². The summed E-state index contributed by atoms with van der Waals surface area (Å²) in [5.74, 6) is 0.951. The summed E-state index contributed by atoms with van der Waals surface area (Å²) in [4.78, 5) is 23.9. The average Bonchev–Trinajstić information content (AvgIpc) is 2.77. The van der Waals surface area contributed by atoms with Crippen molar-refractivity contribution in [1.29, 1.82) is 0 Å². The summed E-state index contributed by atoms with van der Waals surface area (Å²) < 4.78 is 0. The molecule has 2 aromatic rings. The summed E-state index contributed by atoms with van der Waals surface area (Å²) in [7, 11) is 2.04. The first-order valence-corrected chi connectivity index (χ1v) is 10.1. The minimum absolute atomic E-state index is 0.0644. The van der Waals surface area contributed by atoms with Crippen LogP contribution in [0.3, 0.4) is 0 Å². The van der Waals surface area contributed by atoms with Crippen LogP contribution in [0.2, 0.25) is 0 Å². The van der Waals surface area contributed by atoms with E-state index in [2.05, 4.69) is 44.9 Å². The molecule has 150 valence electrons. The van der Waals surface area contributed by atoms with Crippen LogP contribution in [0.15, 0.2) is 42.6 Å². The predicted octanol–water partition coefficient (Wildman–Crippen LogP) is 2.61. The van der Waals surface area contributed by atoms with E-state index in [0.717, 1.165) is 56.3 Å². The first kappa shape index (κ1) is 20.1. The van der Waals surface area contributed by atoms with Crippen molar-refractivity contribution < 1.29 is 4.79 Å². The fourth-order valence-corrected chi connectivity index (χ4v) is 3.34. The predicted molar refractivity (Wildman–Crippen MR) is 115 cm³/mol. The van der Waals surface area contributed by atoms with Gasteiger partial charge in [-0.3, -0.25) is 4.79 Å². The van der Waals surface area contributed by atoms with E-state index in [1.807, 2.05) is 43.6 Å². The van der Waals surface area contributed by atoms with Gasteiger partial charge in [0.05, 0.1) is 0 Å². The van der Waals surface area contributed by atoms with Crippen molar-refractivity contribution in [3.8, 4) is 0 Å². The second-order valence-corrected chi connectivity index (χ2v) is 7.19. The molecule has 6 nitrogen and oxygen atoms in total. The van der Waals surface area contributed by atoms with E-state index < -0.39 is 0 Å². The number of nitrogens with zero attached hydrogens (tertiary/aromatic N) is 4. The summed E-state index contributed by atoms with van der Waals surface area (Å²) in [6.07, 6.45) is 1.86. The van der Waals surface area contributed by atoms with Gasteiger partial charge in [-0.15, -0.1) is 0 Å². The number of carbonyl (C=O) groups excluding carboxylic acids is 1. The maximum atomic E-state index is 12.4. The van der Waals surface area contributed by atoms with Gasteiger partial charge < -0.3 is 20.0 Å². The minimum Gasteiger partial charge on any atom is -0.375 e. The van der Waals surface area contributed by atoms with Gasteiger partial charge in [-0.2, -0.15) is 0 Å². The summed E-state index contributed by atoms with van der Waals surface area (Å²) in [6, 6.07) is 11.8. The second kappa shape index (κ2) is 9.55. The molecule has 28 heavy (non-hydrogen) atoms. The van der Waals surface area contributed by atoms with Crippen LogP contribution in [-0.2, 0) is 6.54 Å². The number of aromatic nitrogens is 1. The molecule has 6 heteroatoms. The molecule has 0 atom stereocenters. The normalized spacial score (nSPS) is 14.8. The van der Waals surface area contributed by atoms with Crippen LogP contribution in [0.4, 0.5) is 11.5 Å². The Morgan fingerprint density at radius 3 is 2.36 bits per heavy atom. The van der Waals surface area contributed by atoms with Gasteiger partial charge in [-0.1, -0.05) is 13.0 Å². The number of carbonyl (C=O) groups is 1. The van der Waals surface area contributed by atoms with Gasteiger partial charge in [0, 0.05) is 63.8 Å². The Morgan fingerprint density at radius 1 is 1.07 bits per heavy atom. The smallest absolute Gasteiger partial charge is 0.251 e. The van der Waals surface area contributed by atoms with E-state index in [1.165, 1.54) is 0 Å². The molecule has 1 aliphatic rings. The molecule has 0 spiro atoms. The molecular weight excluding hydrogens is 350 g/mol. The summed E-state index contributed by atoms with van der Waals surface area (Å²) in [6.45, 7) is 11.0.